The molecule has 5 aromatic rings. The van der Waals surface area contributed by atoms with E-state index in [9.17, 15) is 92.7 Å². The number of fused-ring (bicyclic) bond motifs is 4. The molecule has 1 fully saturated rings. The fourth-order valence-electron chi connectivity index (χ4n) is 13.6. The molecule has 7 rings (SSSR count). The number of para-hydroxylation sites is 1. The number of carboxylic acid groups (broad SMARTS) is 2. The highest BCUT2D eigenvalue weighted by atomic mass is 32.1. The van der Waals surface area contributed by atoms with Crippen LogP contribution in [-0.2, 0) is 109 Å². The summed E-state index contributed by atoms with van der Waals surface area (Å²) in [7, 11) is 0. The van der Waals surface area contributed by atoms with Gasteiger partial charge in [0.25, 0.3) is 0 Å². The van der Waals surface area contributed by atoms with Gasteiger partial charge < -0.3 is 133 Å². The Morgan fingerprint density at radius 3 is 1.70 bits per heavy atom. The van der Waals surface area contributed by atoms with E-state index < -0.39 is 249 Å². The number of urea groups is 2. The van der Waals surface area contributed by atoms with Crippen LogP contribution in [0.25, 0.3) is 10.9 Å². The Balaban J connectivity index is 1.35. The minimum absolute atomic E-state index is 0.0749. The predicted octanol–water partition coefficient (Wildman–Crippen LogP) is -7.04. The molecule has 678 valence electrons. The Kier molecular flexibility index (Phi) is 38.3. The molecule has 0 unspecified atom stereocenters. The number of aromatic nitrogens is 4. The van der Waals surface area contributed by atoms with Crippen LogP contribution in [-0.4, -0.2) is 279 Å². The first-order valence-corrected chi connectivity index (χ1v) is 41.0. The minimum atomic E-state index is -2.10. The van der Waals surface area contributed by atoms with E-state index in [2.05, 4.69) is 115 Å². The summed E-state index contributed by atoms with van der Waals surface area (Å²) in [6.45, 7) is -0.479. The molecule has 3 aromatic carbocycles. The molecular weight excluding hydrogens is 1680 g/mol. The van der Waals surface area contributed by atoms with Crippen LogP contribution >= 0.6 is 25.3 Å². The summed E-state index contributed by atoms with van der Waals surface area (Å²) in [4.78, 5) is 256. The van der Waals surface area contributed by atoms with Gasteiger partial charge in [0.05, 0.1) is 24.8 Å². The number of nitrogens with zero attached hydrogens (tertiary/aromatic N) is 4. The van der Waals surface area contributed by atoms with E-state index in [-0.39, 0.29) is 100 Å². The predicted molar refractivity (Wildman–Crippen MR) is 447 cm³/mol. The molecule has 2 aliphatic rings. The Labute approximate surface area is 724 Å². The molecule has 4 heterocycles. The third-order valence-electron chi connectivity index (χ3n) is 20.1. The van der Waals surface area contributed by atoms with E-state index in [1.165, 1.54) is 65.6 Å². The molecule has 2 aliphatic heterocycles. The number of carboxylic acids is 2. The van der Waals surface area contributed by atoms with Crippen molar-refractivity contribution in [3.63, 3.8) is 0 Å². The minimum Gasteiger partial charge on any atom is -0.508 e. The number of carbonyl (C=O) groups is 18. The van der Waals surface area contributed by atoms with Crippen LogP contribution in [0.4, 0.5) is 9.59 Å². The molecule has 125 heavy (non-hydrogen) atoms. The first-order chi connectivity index (χ1) is 59.4. The summed E-state index contributed by atoms with van der Waals surface area (Å²) in [6.07, 6.45) is -5.01. The lowest BCUT2D eigenvalue weighted by Gasteiger charge is -2.31. The van der Waals surface area contributed by atoms with Crippen molar-refractivity contribution in [2.45, 2.75) is 194 Å². The van der Waals surface area contributed by atoms with Crippen LogP contribution in [0, 0.1) is 0 Å². The maximum absolute atomic E-state index is 15.4. The fourth-order valence-corrected chi connectivity index (χ4v) is 14.1. The number of aromatic hydroxyl groups is 2. The third-order valence-corrected chi connectivity index (χ3v) is 20.9. The molecule has 48 heteroatoms. The molecule has 2 aromatic heterocycles. The summed E-state index contributed by atoms with van der Waals surface area (Å²) in [5.41, 5.74) is 23.3. The highest BCUT2D eigenvalue weighted by Gasteiger charge is 2.43. The Morgan fingerprint density at radius 1 is 0.592 bits per heavy atom. The summed E-state index contributed by atoms with van der Waals surface area (Å²) in [5.74, 6) is -20.1. The lowest BCUT2D eigenvalue weighted by atomic mass is 10.0. The number of phenolic OH excluding ortho intramolecular Hbond substituents is 2. The number of rotatable bonds is 31. The highest BCUT2D eigenvalue weighted by molar-refractivity contribution is 7.80. The number of hydrogen-bond acceptors (Lipinski definition) is 26. The number of benzene rings is 3. The van der Waals surface area contributed by atoms with Crippen molar-refractivity contribution >= 4 is 143 Å². The van der Waals surface area contributed by atoms with Crippen LogP contribution in [0.3, 0.4) is 0 Å². The molecule has 1 saturated heterocycles. The van der Waals surface area contributed by atoms with E-state index in [1.807, 2.05) is 0 Å². The Hall–Kier alpha value is -13.4. The molecule has 0 saturated carbocycles. The summed E-state index contributed by atoms with van der Waals surface area (Å²) in [6, 6.07) is -7.46. The van der Waals surface area contributed by atoms with Gasteiger partial charge in [-0.25, -0.2) is 14.4 Å². The molecule has 0 spiro atoms. The van der Waals surface area contributed by atoms with Gasteiger partial charge in [-0.15, -0.1) is 5.10 Å². The van der Waals surface area contributed by atoms with E-state index in [1.54, 1.807) is 24.3 Å². The van der Waals surface area contributed by atoms with Crippen LogP contribution in [0.1, 0.15) is 99.9 Å². The molecule has 0 radical (unpaired) electrons. The average Bonchev–Trinajstić information content (AvgIpc) is 1.77. The SMILES string of the molecule is C[C@@H](O)[C@@H]1NC(=O)[C@@H](NC(=O)[C@H](CS)NC(=O)CN)Cc2cn(nn2)CCC[C@@H](C(=O)N[C@@H](Cc2ccc(O)cc2)C(=O)N[C@H](Cc2ccc(O)cc2)C(=O)O)NC(=O)[C@H](CCC(N)=O)NC(=O)[C@H](Cc2c[nH]c3ccccc23)NC(=O)[C@H](CCCNC(N)=O)NC(=O)[C@H](CS)NC(=O)[C@H](CCCNC(N)=O)NC(=O)[C@@H]2CCCN2C(=O)[C@H](CC(=O)O)NC1=O. The van der Waals surface area contributed by atoms with Crippen molar-refractivity contribution in [1.82, 2.24) is 99.3 Å². The quantitative estimate of drug-likeness (QED) is 0.0145. The number of primary amides is 3. The molecule has 28 N–H and O–H groups in total. The van der Waals surface area contributed by atoms with Gasteiger partial charge in [-0.2, -0.15) is 25.3 Å². The topological polar surface area (TPSA) is 731 Å². The molecular formula is C77H105N23O23S2. The standard InChI is InChI=1S/C77H105N23O23S2/c1-38(101)62-73(118)93-54(32-61(106)107)74(119)100-27-7-13-58(100)72(117)89-48(11-5-25-83-77(81)123)65(110)95-57(37-125)71(116)87-47(10-4-24-82-76(80)122)63(108)91-52(30-41-34-84-46-9-3-2-8-45(41)46)68(113)88-50(22-23-59(79)104)66(111)86-49(12-6-26-99-35-42(97-98-99)31-53(69(114)96-62)92-70(115)56(36-124)85-60(105)33-78)64(109)90-51(28-39-14-18-43(102)19-15-39)67(112)94-55(75(120)121)29-40-16-20-44(103)21-17-40/h2-3,8-9,14-21,34-35,38,47-58,62,84,101-103,124-125H,4-7,10-13,22-33,36-37,78H2,1H3,(H2,79,104)(H,85,105)(H,86,111)(H,87,116)(H,88,113)(H,89,117)(H,90,109)(H,91,108)(H,92,115)(H,93,118)(H,94,112)(H,95,110)(H,96,114)(H,106,107)(H,120,121)(H3,80,82,122)(H3,81,83,123)/t38-,47+,48+,49+,50+,51+,52+,53+,54+,55-,56+,57+,58+,62+/m1/s1. The Bertz CT molecular complexity index is 4690. The van der Waals surface area contributed by atoms with E-state index in [4.69, 9.17) is 22.9 Å². The maximum Gasteiger partial charge on any atom is 0.326 e. The molecule has 46 nitrogen and oxygen atoms in total. The van der Waals surface area contributed by atoms with Crippen molar-refractivity contribution in [3.05, 3.63) is 108 Å². The van der Waals surface area contributed by atoms with Crippen LogP contribution < -0.4 is 97.4 Å². The third kappa shape index (κ3) is 31.2. The number of aliphatic carboxylic acids is 2. The number of aliphatic hydroxyl groups is 1. The second kappa shape index (κ2) is 48.5. The molecule has 14 atom stereocenters. The summed E-state index contributed by atoms with van der Waals surface area (Å²) in [5, 5.41) is 95.2. The summed E-state index contributed by atoms with van der Waals surface area (Å²) >= 11 is 8.50. The van der Waals surface area contributed by atoms with Crippen LogP contribution in [0.5, 0.6) is 11.5 Å². The van der Waals surface area contributed by atoms with E-state index in [0.29, 0.717) is 27.6 Å². The average molecular weight is 1780 g/mol. The lowest BCUT2D eigenvalue weighted by molar-refractivity contribution is -0.146. The van der Waals surface area contributed by atoms with Gasteiger partial charge in [-0.05, 0) is 112 Å². The summed E-state index contributed by atoms with van der Waals surface area (Å²) < 4.78 is 1.17. The number of thiol groups is 2. The first kappa shape index (κ1) is 98.7. The van der Waals surface area contributed by atoms with Crippen molar-refractivity contribution in [3.8, 4) is 11.5 Å². The Morgan fingerprint density at radius 2 is 1.14 bits per heavy atom. The smallest absolute Gasteiger partial charge is 0.326 e. The fraction of sp³-hybridized carbons (Fsp3) is 0.481. The zero-order valence-corrected chi connectivity index (χ0v) is 69.6. The van der Waals surface area contributed by atoms with Crippen LogP contribution in [0.15, 0.2) is 85.2 Å². The molecule has 18 amide bonds. The number of hydrogen-bond donors (Lipinski definition) is 26. The number of carbonyl (C=O) groups excluding carboxylic acids is 16. The van der Waals surface area contributed by atoms with E-state index >= 15 is 19.2 Å². The number of nitrogens with two attached hydrogens (primary N) is 4. The number of phenols is 2. The molecule has 0 aliphatic carbocycles. The number of H-pyrrole nitrogens is 1. The number of aliphatic hydroxyl groups excluding tert-OH is 1. The molecule has 2 bridgehead atoms. The number of aromatic amines is 1. The van der Waals surface area contributed by atoms with Gasteiger partial charge in [0.15, 0.2) is 0 Å². The van der Waals surface area contributed by atoms with Crippen molar-refractivity contribution < 1.29 is 112 Å². The highest BCUT2D eigenvalue weighted by Crippen LogP contribution is 2.24. The second-order valence-corrected chi connectivity index (χ2v) is 30.4. The van der Waals surface area contributed by atoms with Gasteiger partial charge in [0, 0.05) is 93.1 Å². The number of nitrogens with one attached hydrogen (secondary N) is 15. The van der Waals surface area contributed by atoms with Gasteiger partial charge >= 0.3 is 24.0 Å². The first-order valence-electron chi connectivity index (χ1n) is 39.8. The van der Waals surface area contributed by atoms with Gasteiger partial charge in [0.2, 0.25) is 82.7 Å². The van der Waals surface area contributed by atoms with Crippen molar-refractivity contribution in [2.75, 3.05) is 37.7 Å². The zero-order chi connectivity index (χ0) is 91.7. The van der Waals surface area contributed by atoms with Crippen molar-refractivity contribution in [1.29, 1.82) is 0 Å². The number of amides is 18. The lowest BCUT2D eigenvalue weighted by Crippen LogP contribution is -2.62. The normalized spacial score (nSPS) is 21.6. The van der Waals surface area contributed by atoms with Gasteiger partial charge in [0.1, 0.15) is 90.0 Å². The zero-order valence-electron chi connectivity index (χ0n) is 67.8. The number of aryl methyl sites for hydroxylation is 1. The van der Waals surface area contributed by atoms with Gasteiger partial charge in [-0.3, -0.25) is 76.6 Å². The van der Waals surface area contributed by atoms with E-state index in [0.717, 1.165) is 11.8 Å². The largest absolute Gasteiger partial charge is 0.508 e. The maximum atomic E-state index is 15.4. The monoisotopic (exact) mass is 1780 g/mol. The van der Waals surface area contributed by atoms with Crippen LogP contribution in [0.2, 0.25) is 0 Å². The van der Waals surface area contributed by atoms with Crippen molar-refractivity contribution in [2.24, 2.45) is 22.9 Å². The second-order valence-electron chi connectivity index (χ2n) is 29.6. The van der Waals surface area contributed by atoms with Gasteiger partial charge in [-0.1, -0.05) is 47.7 Å².